The number of thiazole rings is 1. The monoisotopic (exact) mass is 303 g/mol. The zero-order valence-electron chi connectivity index (χ0n) is 11.8. The Morgan fingerprint density at radius 1 is 1.29 bits per heavy atom. The summed E-state index contributed by atoms with van der Waals surface area (Å²) in [4.78, 5) is 18.4. The molecule has 0 radical (unpaired) electrons. The summed E-state index contributed by atoms with van der Waals surface area (Å²) < 4.78 is 4.67. The molecule has 0 atom stereocenters. The van der Waals surface area contributed by atoms with Crippen molar-refractivity contribution in [2.24, 2.45) is 0 Å². The van der Waals surface area contributed by atoms with Crippen LogP contribution in [0.15, 0.2) is 30.5 Å². The lowest BCUT2D eigenvalue weighted by atomic mass is 10.2. The van der Waals surface area contributed by atoms with Crippen molar-refractivity contribution in [3.8, 4) is 0 Å². The molecule has 110 valence electrons. The summed E-state index contributed by atoms with van der Waals surface area (Å²) in [5.41, 5.74) is 2.22. The van der Waals surface area contributed by atoms with Gasteiger partial charge in [-0.2, -0.15) is 0 Å². The van der Waals surface area contributed by atoms with Crippen LogP contribution in [0.1, 0.15) is 22.5 Å². The molecule has 0 unspecified atom stereocenters. The lowest BCUT2D eigenvalue weighted by Gasteiger charge is -2.17. The molecular weight excluding hydrogens is 286 g/mol. The zero-order valence-corrected chi connectivity index (χ0v) is 12.7. The van der Waals surface area contributed by atoms with Crippen molar-refractivity contribution in [3.63, 3.8) is 0 Å². The highest BCUT2D eigenvalue weighted by molar-refractivity contribution is 7.17. The summed E-state index contributed by atoms with van der Waals surface area (Å²) in [6.07, 6.45) is 4.07. The molecule has 2 heterocycles. The van der Waals surface area contributed by atoms with Gasteiger partial charge in [0.05, 0.1) is 13.3 Å². The predicted octanol–water partition coefficient (Wildman–Crippen LogP) is 3.27. The third-order valence-electron chi connectivity index (χ3n) is 3.48. The van der Waals surface area contributed by atoms with E-state index in [1.54, 1.807) is 0 Å². The number of benzene rings is 1. The standard InChI is InChI=1S/C15H17N3O2S/c1-20-14(19)13-10-16-15(21-13)17-11-4-6-12(7-5-11)18-8-2-3-9-18/h4-7,10H,2-3,8-9H2,1H3,(H,16,17). The molecule has 0 saturated carbocycles. The van der Waals surface area contributed by atoms with Crippen molar-refractivity contribution in [1.82, 2.24) is 4.98 Å². The molecular formula is C15H17N3O2S. The lowest BCUT2D eigenvalue weighted by molar-refractivity contribution is 0.0606. The van der Waals surface area contributed by atoms with Gasteiger partial charge in [-0.15, -0.1) is 0 Å². The van der Waals surface area contributed by atoms with E-state index in [0.29, 0.717) is 10.0 Å². The Bertz CT molecular complexity index is 618. The number of hydrogen-bond acceptors (Lipinski definition) is 6. The topological polar surface area (TPSA) is 54.5 Å². The predicted molar refractivity (Wildman–Crippen MR) is 84.6 cm³/mol. The fourth-order valence-corrected chi connectivity index (χ4v) is 3.14. The molecule has 1 aromatic carbocycles. The molecule has 0 aliphatic carbocycles. The maximum Gasteiger partial charge on any atom is 0.349 e. The fraction of sp³-hybridized carbons (Fsp3) is 0.333. The Morgan fingerprint density at radius 3 is 2.67 bits per heavy atom. The van der Waals surface area contributed by atoms with Gasteiger partial charge in [-0.1, -0.05) is 11.3 Å². The number of aromatic nitrogens is 1. The average molecular weight is 303 g/mol. The van der Waals surface area contributed by atoms with Gasteiger partial charge in [-0.25, -0.2) is 9.78 Å². The fourth-order valence-electron chi connectivity index (χ4n) is 2.38. The van der Waals surface area contributed by atoms with E-state index < -0.39 is 0 Å². The summed E-state index contributed by atoms with van der Waals surface area (Å²) in [6.45, 7) is 2.28. The number of nitrogens with one attached hydrogen (secondary N) is 1. The molecule has 6 heteroatoms. The Labute approximate surface area is 127 Å². The first-order chi connectivity index (χ1) is 10.3. The zero-order chi connectivity index (χ0) is 14.7. The summed E-state index contributed by atoms with van der Waals surface area (Å²) in [6, 6.07) is 8.30. The van der Waals surface area contributed by atoms with Crippen LogP contribution in [0.2, 0.25) is 0 Å². The summed E-state index contributed by atoms with van der Waals surface area (Å²) in [5, 5.41) is 3.89. The number of anilines is 3. The molecule has 1 fully saturated rings. The van der Waals surface area contributed by atoms with Crippen molar-refractivity contribution in [3.05, 3.63) is 35.3 Å². The Balaban J connectivity index is 1.67. The van der Waals surface area contributed by atoms with Crippen molar-refractivity contribution in [1.29, 1.82) is 0 Å². The highest BCUT2D eigenvalue weighted by atomic mass is 32.1. The first kappa shape index (κ1) is 13.9. The third-order valence-corrected chi connectivity index (χ3v) is 4.37. The summed E-state index contributed by atoms with van der Waals surface area (Å²) in [5.74, 6) is -0.357. The van der Waals surface area contributed by atoms with E-state index >= 15 is 0 Å². The van der Waals surface area contributed by atoms with Crippen molar-refractivity contribution in [2.75, 3.05) is 30.4 Å². The molecule has 0 bridgehead atoms. The van der Waals surface area contributed by atoms with Gasteiger partial charge in [0.15, 0.2) is 5.13 Å². The first-order valence-corrected chi connectivity index (χ1v) is 7.74. The van der Waals surface area contributed by atoms with E-state index in [4.69, 9.17) is 0 Å². The van der Waals surface area contributed by atoms with Crippen molar-refractivity contribution >= 4 is 33.8 Å². The second kappa shape index (κ2) is 6.13. The highest BCUT2D eigenvalue weighted by Gasteiger charge is 2.13. The van der Waals surface area contributed by atoms with Crippen LogP contribution in [0.4, 0.5) is 16.5 Å². The van der Waals surface area contributed by atoms with E-state index in [2.05, 4.69) is 32.1 Å². The van der Waals surface area contributed by atoms with E-state index in [1.165, 1.54) is 43.2 Å². The minimum Gasteiger partial charge on any atom is -0.465 e. The van der Waals surface area contributed by atoms with Gasteiger partial charge < -0.3 is 15.0 Å². The quantitative estimate of drug-likeness (QED) is 0.879. The van der Waals surface area contributed by atoms with Crippen LogP contribution in [-0.2, 0) is 4.74 Å². The minimum atomic E-state index is -0.357. The Kier molecular flexibility index (Phi) is 4.06. The van der Waals surface area contributed by atoms with Crippen LogP contribution in [0.3, 0.4) is 0 Å². The second-order valence-electron chi connectivity index (χ2n) is 4.89. The maximum absolute atomic E-state index is 11.4. The van der Waals surface area contributed by atoms with Crippen LogP contribution in [-0.4, -0.2) is 31.2 Å². The number of rotatable bonds is 4. The molecule has 5 nitrogen and oxygen atoms in total. The van der Waals surface area contributed by atoms with E-state index in [1.807, 2.05) is 12.1 Å². The number of nitrogens with zero attached hydrogens (tertiary/aromatic N) is 2. The molecule has 1 N–H and O–H groups in total. The van der Waals surface area contributed by atoms with Gasteiger partial charge in [0.1, 0.15) is 4.88 Å². The van der Waals surface area contributed by atoms with Gasteiger partial charge in [-0.05, 0) is 37.1 Å². The van der Waals surface area contributed by atoms with Crippen LogP contribution < -0.4 is 10.2 Å². The van der Waals surface area contributed by atoms with Crippen molar-refractivity contribution in [2.45, 2.75) is 12.8 Å². The molecule has 1 saturated heterocycles. The molecule has 1 aliphatic heterocycles. The van der Waals surface area contributed by atoms with Gasteiger partial charge in [0.25, 0.3) is 0 Å². The molecule has 2 aromatic rings. The van der Waals surface area contributed by atoms with Crippen LogP contribution in [0.25, 0.3) is 0 Å². The second-order valence-corrected chi connectivity index (χ2v) is 5.92. The SMILES string of the molecule is COC(=O)c1cnc(Nc2ccc(N3CCCC3)cc2)s1. The normalized spacial score (nSPS) is 14.2. The molecule has 3 rings (SSSR count). The van der Waals surface area contributed by atoms with Crippen LogP contribution >= 0.6 is 11.3 Å². The number of hydrogen-bond donors (Lipinski definition) is 1. The summed E-state index contributed by atoms with van der Waals surface area (Å²) in [7, 11) is 1.37. The van der Waals surface area contributed by atoms with E-state index in [0.717, 1.165) is 18.8 Å². The maximum atomic E-state index is 11.4. The number of carbonyl (C=O) groups is 1. The van der Waals surface area contributed by atoms with E-state index in [-0.39, 0.29) is 5.97 Å². The van der Waals surface area contributed by atoms with E-state index in [9.17, 15) is 4.79 Å². The minimum absolute atomic E-state index is 0.357. The molecule has 0 spiro atoms. The lowest BCUT2D eigenvalue weighted by Crippen LogP contribution is -2.17. The Hall–Kier alpha value is -2.08. The first-order valence-electron chi connectivity index (χ1n) is 6.92. The number of methoxy groups -OCH3 is 1. The third kappa shape index (κ3) is 3.16. The van der Waals surface area contributed by atoms with Gasteiger partial charge >= 0.3 is 5.97 Å². The molecule has 0 amide bonds. The van der Waals surface area contributed by atoms with Gasteiger partial charge in [0.2, 0.25) is 0 Å². The van der Waals surface area contributed by atoms with Crippen LogP contribution in [0.5, 0.6) is 0 Å². The number of esters is 1. The molecule has 1 aliphatic rings. The Morgan fingerprint density at radius 2 is 2.00 bits per heavy atom. The summed E-state index contributed by atoms with van der Waals surface area (Å²) >= 11 is 1.28. The number of ether oxygens (including phenoxy) is 1. The van der Waals surface area contributed by atoms with Gasteiger partial charge in [0, 0.05) is 24.5 Å². The van der Waals surface area contributed by atoms with Crippen molar-refractivity contribution < 1.29 is 9.53 Å². The molecule has 21 heavy (non-hydrogen) atoms. The largest absolute Gasteiger partial charge is 0.465 e. The van der Waals surface area contributed by atoms with Gasteiger partial charge in [-0.3, -0.25) is 0 Å². The highest BCUT2D eigenvalue weighted by Crippen LogP contribution is 2.26. The smallest absolute Gasteiger partial charge is 0.349 e. The number of carbonyl (C=O) groups excluding carboxylic acids is 1. The average Bonchev–Trinajstić information content (AvgIpc) is 3.18. The van der Waals surface area contributed by atoms with Crippen LogP contribution in [0, 0.1) is 0 Å². The molecule has 1 aromatic heterocycles.